The Labute approximate surface area is 56.8 Å². The van der Waals surface area contributed by atoms with Gasteiger partial charge in [-0.25, -0.2) is 0 Å². The van der Waals surface area contributed by atoms with Crippen molar-refractivity contribution in [2.45, 2.75) is 0 Å². The monoisotopic (exact) mass is 238 g/mol. The average Bonchev–Trinajstić information content (AvgIpc) is 1.00. The molecule has 0 aliphatic carbocycles. The quantitative estimate of drug-likeness (QED) is 0.491. The number of hydrogen-bond donors (Lipinski definition) is 1. The smallest absolute Gasteiger partial charge is 2.00 e. The van der Waals surface area contributed by atoms with Crippen molar-refractivity contribution < 1.29 is 33.9 Å². The molecule has 0 aliphatic rings. The van der Waals surface area contributed by atoms with Crippen molar-refractivity contribution in [2.24, 2.45) is 0 Å². The van der Waals surface area contributed by atoms with Crippen LogP contribution in [0.15, 0.2) is 0 Å². The van der Waals surface area contributed by atoms with Gasteiger partial charge in [-0.05, 0) is 0 Å². The van der Waals surface area contributed by atoms with E-state index in [2.05, 4.69) is 0 Å². The number of rotatable bonds is 0. The summed E-state index contributed by atoms with van der Waals surface area (Å²) < 4.78 is 7.21. The van der Waals surface area contributed by atoms with Crippen LogP contribution in [0.2, 0.25) is 0 Å². The molecule has 5 heteroatoms. The fraction of sp³-hybridized carbons (Fsp3) is 0. The molecule has 0 aromatic heterocycles. The Bertz CT molecular complexity index is 6.85. The molecule has 5 heavy (non-hydrogen) atoms. The zero-order chi connectivity index (χ0) is 2.00. The molecule has 0 bridgehead atoms. The van der Waals surface area contributed by atoms with Gasteiger partial charge >= 0.3 is 45.9 Å². The molecule has 3 N–H and O–H groups in total. The Hall–Kier alpha value is 1.30. The third-order valence-corrected chi connectivity index (χ3v) is 0. The molecule has 0 amide bonds. The summed E-state index contributed by atoms with van der Waals surface area (Å²) in [5.41, 5.74) is 0. The molecule has 0 radical (unpaired) electrons. The Morgan fingerprint density at radius 1 is 1.00 bits per heavy atom. The molecule has 0 spiro atoms. The van der Waals surface area contributed by atoms with E-state index >= 15 is 0 Å². The topological polar surface area (TPSA) is 80.2 Å². The van der Waals surface area contributed by atoms with Gasteiger partial charge in [-0.15, -0.1) is 0 Å². The van der Waals surface area contributed by atoms with Gasteiger partial charge in [0, 0.05) is 0 Å². The van der Waals surface area contributed by atoms with Crippen molar-refractivity contribution in [3.63, 3.8) is 0 Å². The van der Waals surface area contributed by atoms with Crippen LogP contribution >= 0.6 is 0 Å². The van der Waals surface area contributed by atoms with Crippen molar-refractivity contribution >= 4 is 22.9 Å². The van der Waals surface area contributed by atoms with Crippen molar-refractivity contribution in [3.8, 4) is 0 Å². The summed E-state index contributed by atoms with van der Waals surface area (Å²) in [4.78, 5) is 0. The van der Waals surface area contributed by atoms with Crippen LogP contribution in [0.3, 0.4) is 0 Å². The third kappa shape index (κ3) is 34.1. The Kier molecular flexibility index (Phi) is 387. The minimum atomic E-state index is -0.0500. The second kappa shape index (κ2) is 57.9. The fourth-order valence-corrected chi connectivity index (χ4v) is 0. The van der Waals surface area contributed by atoms with Crippen molar-refractivity contribution in [3.05, 3.63) is 0 Å². The molecule has 0 fully saturated rings. The van der Waals surface area contributed by atoms with E-state index in [1.807, 2.05) is 0 Å². The SMILES string of the molecule is [OH-].[OH-].[OH][SnH3].[Zn+2]. The van der Waals surface area contributed by atoms with Crippen molar-refractivity contribution in [2.75, 3.05) is 0 Å². The predicted molar refractivity (Wildman–Crippen MR) is 16.0 cm³/mol. The first-order valence-corrected chi connectivity index (χ1v) is 3.00. The van der Waals surface area contributed by atoms with E-state index in [0.717, 1.165) is 0 Å². The van der Waals surface area contributed by atoms with Gasteiger partial charge in [0.2, 0.25) is 0 Å². The average molecular weight is 238 g/mol. The largest absolute Gasteiger partial charge is 2.00 e. The van der Waals surface area contributed by atoms with Crippen LogP contribution in [0.5, 0.6) is 0 Å². The van der Waals surface area contributed by atoms with E-state index in [9.17, 15) is 0 Å². The molecule has 0 aliphatic heterocycles. The molecule has 0 unspecified atom stereocenters. The van der Waals surface area contributed by atoms with Crippen molar-refractivity contribution in [1.82, 2.24) is 0 Å². The van der Waals surface area contributed by atoms with Crippen LogP contribution in [0.1, 0.15) is 0 Å². The normalized spacial score (nSPS) is 1.80. The first-order chi connectivity index (χ1) is 1.00. The first kappa shape index (κ1) is 33.4. The molecule has 0 saturated carbocycles. The molecular weight excluding hydrogens is 232 g/mol. The van der Waals surface area contributed by atoms with Gasteiger partial charge in [-0.1, -0.05) is 0 Å². The van der Waals surface area contributed by atoms with E-state index in [4.69, 9.17) is 3.44 Å². The summed E-state index contributed by atoms with van der Waals surface area (Å²) in [6, 6.07) is 0. The maximum absolute atomic E-state index is 7.21. The Morgan fingerprint density at radius 3 is 1.00 bits per heavy atom. The minimum Gasteiger partial charge on any atom is 2.00 e. The van der Waals surface area contributed by atoms with Gasteiger partial charge < -0.3 is 11.0 Å². The van der Waals surface area contributed by atoms with Gasteiger partial charge in [0.05, 0.1) is 0 Å². The summed E-state index contributed by atoms with van der Waals surface area (Å²) >= 11 is -0.0500. The van der Waals surface area contributed by atoms with Crippen LogP contribution in [-0.2, 0) is 19.5 Å². The summed E-state index contributed by atoms with van der Waals surface area (Å²) in [6.07, 6.45) is 0. The van der Waals surface area contributed by atoms with Gasteiger partial charge in [0.25, 0.3) is 0 Å². The van der Waals surface area contributed by atoms with E-state index < -0.39 is 0 Å². The summed E-state index contributed by atoms with van der Waals surface area (Å²) in [7, 11) is 0. The van der Waals surface area contributed by atoms with Gasteiger partial charge in [0.15, 0.2) is 0 Å². The summed E-state index contributed by atoms with van der Waals surface area (Å²) in [5.74, 6) is 0. The second-order valence-corrected chi connectivity index (χ2v) is 0. The third-order valence-electron chi connectivity index (χ3n) is 0. The zero-order valence-corrected chi connectivity index (χ0v) is 11.7. The van der Waals surface area contributed by atoms with Gasteiger partial charge in [-0.2, -0.15) is 0 Å². The molecule has 0 heterocycles. The Balaban J connectivity index is -0.00000000167. The molecular formula is H6O3SnZn. The van der Waals surface area contributed by atoms with Crippen LogP contribution in [0, 0.1) is 0 Å². The maximum atomic E-state index is 7.21. The van der Waals surface area contributed by atoms with Crippen LogP contribution in [-0.4, -0.2) is 37.3 Å². The molecule has 0 saturated heterocycles. The number of hydrogen-bond acceptors (Lipinski definition) is 3. The molecule has 3 nitrogen and oxygen atoms in total. The van der Waals surface area contributed by atoms with E-state index in [0.29, 0.717) is 0 Å². The summed E-state index contributed by atoms with van der Waals surface area (Å²) in [5, 5.41) is 0. The zero-order valence-electron chi connectivity index (χ0n) is 3.05. The van der Waals surface area contributed by atoms with Crippen LogP contribution < -0.4 is 0 Å². The van der Waals surface area contributed by atoms with Gasteiger partial charge in [0.1, 0.15) is 0 Å². The van der Waals surface area contributed by atoms with E-state index in [1.165, 1.54) is 0 Å². The van der Waals surface area contributed by atoms with Crippen molar-refractivity contribution in [1.29, 1.82) is 0 Å². The standard InChI is InChI=1S/3H2O.Sn.Zn.3H/h3*1H2;;;;;/q;;;+1;+2;;;/p-3. The summed E-state index contributed by atoms with van der Waals surface area (Å²) in [6.45, 7) is 0. The molecule has 0 rings (SSSR count). The Morgan fingerprint density at radius 2 is 1.00 bits per heavy atom. The predicted octanol–water partition coefficient (Wildman–Crippen LogP) is -2.10. The molecule has 0 atom stereocenters. The first-order valence-electron chi connectivity index (χ1n) is 0.447. The van der Waals surface area contributed by atoms with E-state index in [-0.39, 0.29) is 53.4 Å². The molecule has 30 valence electrons. The molecule has 0 aromatic carbocycles. The van der Waals surface area contributed by atoms with Gasteiger partial charge in [-0.3, -0.25) is 0 Å². The van der Waals surface area contributed by atoms with Crippen LogP contribution in [0.4, 0.5) is 0 Å². The minimum absolute atomic E-state index is 0. The van der Waals surface area contributed by atoms with Crippen LogP contribution in [0.25, 0.3) is 0 Å². The fourth-order valence-electron chi connectivity index (χ4n) is 0. The maximum Gasteiger partial charge on any atom is 2.00 e. The van der Waals surface area contributed by atoms with E-state index in [1.54, 1.807) is 0 Å². The second-order valence-electron chi connectivity index (χ2n) is 0. The molecule has 0 aromatic rings.